The fourth-order valence-electron chi connectivity index (χ4n) is 3.65. The van der Waals surface area contributed by atoms with E-state index in [1.54, 1.807) is 7.11 Å². The lowest BCUT2D eigenvalue weighted by atomic mass is 9.94. The number of amides is 1. The number of carbonyl (C=O) groups is 2. The molecule has 1 amide bonds. The Morgan fingerprint density at radius 1 is 1.07 bits per heavy atom. The minimum atomic E-state index is -0.818. The van der Waals surface area contributed by atoms with Gasteiger partial charge in [0.05, 0.1) is 12.5 Å². The molecule has 0 spiro atoms. The Labute approximate surface area is 176 Å². The number of nitrogens with one attached hydrogen (secondary N) is 1. The number of carboxylic acids is 1. The summed E-state index contributed by atoms with van der Waals surface area (Å²) in [5.41, 5.74) is 3.57. The molecule has 3 aromatic rings. The van der Waals surface area contributed by atoms with E-state index in [2.05, 4.69) is 5.32 Å². The molecule has 0 radical (unpaired) electrons. The zero-order valence-corrected chi connectivity index (χ0v) is 17.4. The maximum atomic E-state index is 13.1. The van der Waals surface area contributed by atoms with Crippen molar-refractivity contribution in [2.75, 3.05) is 12.4 Å². The maximum absolute atomic E-state index is 13.1. The van der Waals surface area contributed by atoms with Crippen molar-refractivity contribution in [1.82, 2.24) is 0 Å². The van der Waals surface area contributed by atoms with E-state index >= 15 is 0 Å². The van der Waals surface area contributed by atoms with E-state index in [0.29, 0.717) is 25.1 Å². The van der Waals surface area contributed by atoms with E-state index in [0.717, 1.165) is 27.5 Å². The van der Waals surface area contributed by atoms with E-state index in [1.807, 2.05) is 67.6 Å². The van der Waals surface area contributed by atoms with Crippen LogP contribution >= 0.6 is 0 Å². The minimum absolute atomic E-state index is 0.0968. The molecule has 0 fully saturated rings. The molecular formula is C25H27NO4. The third-order valence-electron chi connectivity index (χ3n) is 5.26. The molecule has 0 aliphatic rings. The standard InChI is InChI=1S/C25H27NO4/c1-17(21-11-5-8-19-7-3-4-10-22(19)21)25(29)26-23-15-18(16-30-2)13-14-20(23)9-6-12-24(27)28/h3-5,7-8,10-11,13-15,17H,6,9,12,16H2,1-2H3,(H,26,29)(H,27,28). The first-order valence-corrected chi connectivity index (χ1v) is 10.1. The van der Waals surface area contributed by atoms with Crippen LogP contribution < -0.4 is 5.32 Å². The molecule has 30 heavy (non-hydrogen) atoms. The van der Waals surface area contributed by atoms with Crippen molar-refractivity contribution in [3.63, 3.8) is 0 Å². The monoisotopic (exact) mass is 405 g/mol. The molecule has 0 saturated carbocycles. The number of rotatable bonds is 9. The van der Waals surface area contributed by atoms with Gasteiger partial charge in [0.2, 0.25) is 5.91 Å². The van der Waals surface area contributed by atoms with E-state index in [9.17, 15) is 9.59 Å². The van der Waals surface area contributed by atoms with Gasteiger partial charge in [-0.3, -0.25) is 9.59 Å². The van der Waals surface area contributed by atoms with E-state index in [-0.39, 0.29) is 18.2 Å². The highest BCUT2D eigenvalue weighted by Crippen LogP contribution is 2.28. The first-order chi connectivity index (χ1) is 14.5. The van der Waals surface area contributed by atoms with Crippen molar-refractivity contribution >= 4 is 28.3 Å². The summed E-state index contributed by atoms with van der Waals surface area (Å²) < 4.78 is 5.21. The van der Waals surface area contributed by atoms with Gasteiger partial charge in [0.15, 0.2) is 0 Å². The van der Waals surface area contributed by atoms with Crippen LogP contribution in [0.15, 0.2) is 60.7 Å². The normalized spacial score (nSPS) is 11.9. The molecule has 0 aromatic heterocycles. The Hall–Kier alpha value is -3.18. The molecule has 0 aliphatic carbocycles. The highest BCUT2D eigenvalue weighted by atomic mass is 16.5. The summed E-state index contributed by atoms with van der Waals surface area (Å²) in [4.78, 5) is 24.0. The third-order valence-corrected chi connectivity index (χ3v) is 5.26. The van der Waals surface area contributed by atoms with Gasteiger partial charge in [0.1, 0.15) is 0 Å². The number of carbonyl (C=O) groups excluding carboxylic acids is 1. The lowest BCUT2D eigenvalue weighted by molar-refractivity contribution is -0.137. The molecule has 0 aliphatic heterocycles. The second-order valence-corrected chi connectivity index (χ2v) is 7.45. The Morgan fingerprint density at radius 3 is 2.60 bits per heavy atom. The lowest BCUT2D eigenvalue weighted by Crippen LogP contribution is -2.20. The smallest absolute Gasteiger partial charge is 0.303 e. The second-order valence-electron chi connectivity index (χ2n) is 7.45. The highest BCUT2D eigenvalue weighted by molar-refractivity contribution is 5.99. The molecule has 156 valence electrons. The van der Waals surface area contributed by atoms with Crippen LogP contribution in [0.5, 0.6) is 0 Å². The number of hydrogen-bond acceptors (Lipinski definition) is 3. The van der Waals surface area contributed by atoms with Crippen molar-refractivity contribution in [3.05, 3.63) is 77.4 Å². The summed E-state index contributed by atoms with van der Waals surface area (Å²) in [7, 11) is 1.63. The molecular weight excluding hydrogens is 378 g/mol. The number of carboxylic acid groups (broad SMARTS) is 1. The van der Waals surface area contributed by atoms with Crippen LogP contribution in [0.2, 0.25) is 0 Å². The topological polar surface area (TPSA) is 75.6 Å². The molecule has 1 unspecified atom stereocenters. The van der Waals surface area contributed by atoms with Crippen molar-refractivity contribution < 1.29 is 19.4 Å². The van der Waals surface area contributed by atoms with Crippen LogP contribution in [-0.2, 0) is 27.4 Å². The van der Waals surface area contributed by atoms with Gasteiger partial charge in [0.25, 0.3) is 0 Å². The number of anilines is 1. The predicted octanol–water partition coefficient (Wildman–Crippen LogP) is 5.14. The average Bonchev–Trinajstić information content (AvgIpc) is 2.74. The van der Waals surface area contributed by atoms with Gasteiger partial charge in [-0.05, 0) is 53.3 Å². The summed E-state index contributed by atoms with van der Waals surface area (Å²) in [6.45, 7) is 2.34. The molecule has 5 nitrogen and oxygen atoms in total. The molecule has 0 bridgehead atoms. The van der Waals surface area contributed by atoms with Gasteiger partial charge >= 0.3 is 5.97 Å². The number of aryl methyl sites for hydroxylation is 1. The van der Waals surface area contributed by atoms with Gasteiger partial charge in [-0.15, -0.1) is 0 Å². The zero-order valence-electron chi connectivity index (χ0n) is 17.4. The zero-order chi connectivity index (χ0) is 21.5. The van der Waals surface area contributed by atoms with Gasteiger partial charge in [-0.2, -0.15) is 0 Å². The van der Waals surface area contributed by atoms with Crippen molar-refractivity contribution in [1.29, 1.82) is 0 Å². The third kappa shape index (κ3) is 5.24. The molecule has 2 N–H and O–H groups in total. The number of methoxy groups -OCH3 is 1. The van der Waals surface area contributed by atoms with Crippen LogP contribution in [0.4, 0.5) is 5.69 Å². The molecule has 3 aromatic carbocycles. The lowest BCUT2D eigenvalue weighted by Gasteiger charge is -2.18. The maximum Gasteiger partial charge on any atom is 0.303 e. The summed E-state index contributed by atoms with van der Waals surface area (Å²) >= 11 is 0. The predicted molar refractivity (Wildman–Crippen MR) is 119 cm³/mol. The number of hydrogen-bond donors (Lipinski definition) is 2. The fraction of sp³-hybridized carbons (Fsp3) is 0.280. The van der Waals surface area contributed by atoms with Crippen LogP contribution in [0, 0.1) is 0 Å². The number of aliphatic carboxylic acids is 1. The summed E-state index contributed by atoms with van der Waals surface area (Å²) in [6, 6.07) is 19.8. The molecule has 5 heteroatoms. The molecule has 3 rings (SSSR count). The Kier molecular flexibility index (Phi) is 7.20. The molecule has 0 heterocycles. The van der Waals surface area contributed by atoms with E-state index in [1.165, 1.54) is 0 Å². The van der Waals surface area contributed by atoms with Gasteiger partial charge < -0.3 is 15.2 Å². The highest BCUT2D eigenvalue weighted by Gasteiger charge is 2.19. The largest absolute Gasteiger partial charge is 0.481 e. The number of fused-ring (bicyclic) bond motifs is 1. The van der Waals surface area contributed by atoms with Crippen molar-refractivity contribution in [2.45, 2.75) is 38.7 Å². The van der Waals surface area contributed by atoms with Gasteiger partial charge in [-0.25, -0.2) is 0 Å². The van der Waals surface area contributed by atoms with Crippen LogP contribution in [0.25, 0.3) is 10.8 Å². The van der Waals surface area contributed by atoms with E-state index in [4.69, 9.17) is 9.84 Å². The van der Waals surface area contributed by atoms with E-state index < -0.39 is 5.97 Å². The second kappa shape index (κ2) is 10.0. The first kappa shape index (κ1) is 21.5. The quantitative estimate of drug-likeness (QED) is 0.517. The van der Waals surface area contributed by atoms with Gasteiger partial charge in [0, 0.05) is 19.2 Å². The average molecular weight is 405 g/mol. The summed E-state index contributed by atoms with van der Waals surface area (Å²) in [5, 5.41) is 14.2. The first-order valence-electron chi connectivity index (χ1n) is 10.1. The van der Waals surface area contributed by atoms with Crippen LogP contribution in [0.1, 0.15) is 42.4 Å². The Morgan fingerprint density at radius 2 is 1.83 bits per heavy atom. The fourth-order valence-corrected chi connectivity index (χ4v) is 3.65. The number of benzene rings is 3. The van der Waals surface area contributed by atoms with Gasteiger partial charge in [-0.1, -0.05) is 54.6 Å². The summed E-state index contributed by atoms with van der Waals surface area (Å²) in [5.74, 6) is -1.25. The summed E-state index contributed by atoms with van der Waals surface area (Å²) in [6.07, 6.45) is 1.19. The molecule has 0 saturated heterocycles. The Bertz CT molecular complexity index is 1040. The molecule has 1 atom stereocenters. The minimum Gasteiger partial charge on any atom is -0.481 e. The van der Waals surface area contributed by atoms with Crippen LogP contribution in [-0.4, -0.2) is 24.1 Å². The Balaban J connectivity index is 1.84. The SMILES string of the molecule is COCc1ccc(CCCC(=O)O)c(NC(=O)C(C)c2cccc3ccccc23)c1. The van der Waals surface area contributed by atoms with Crippen molar-refractivity contribution in [3.8, 4) is 0 Å². The number of ether oxygens (including phenoxy) is 1. The van der Waals surface area contributed by atoms with Crippen LogP contribution in [0.3, 0.4) is 0 Å². The van der Waals surface area contributed by atoms with Crippen molar-refractivity contribution in [2.24, 2.45) is 0 Å².